The molecule has 0 heterocycles. The molecule has 2 aromatic carbocycles. The van der Waals surface area contributed by atoms with Gasteiger partial charge in [0.2, 0.25) is 0 Å². The SMILES string of the molecule is CN(c1cc(F)ccc1F)S(=O)(=O)c1cccc(C(=O)O)c1. The van der Waals surface area contributed by atoms with Crippen molar-refractivity contribution < 1.29 is 27.1 Å². The van der Waals surface area contributed by atoms with Crippen LogP contribution < -0.4 is 4.31 Å². The van der Waals surface area contributed by atoms with E-state index >= 15 is 0 Å². The van der Waals surface area contributed by atoms with E-state index in [9.17, 15) is 22.0 Å². The van der Waals surface area contributed by atoms with Crippen molar-refractivity contribution in [3.8, 4) is 0 Å². The van der Waals surface area contributed by atoms with E-state index in [0.717, 1.165) is 31.3 Å². The molecule has 22 heavy (non-hydrogen) atoms. The molecular formula is C14H11F2NO4S. The van der Waals surface area contributed by atoms with E-state index in [0.29, 0.717) is 4.31 Å². The lowest BCUT2D eigenvalue weighted by Crippen LogP contribution is -2.27. The first-order chi connectivity index (χ1) is 10.2. The molecule has 0 aliphatic heterocycles. The van der Waals surface area contributed by atoms with Gasteiger partial charge in [-0.1, -0.05) is 6.07 Å². The predicted molar refractivity (Wildman–Crippen MR) is 75.3 cm³/mol. The number of hydrogen-bond donors (Lipinski definition) is 1. The number of anilines is 1. The summed E-state index contributed by atoms with van der Waals surface area (Å²) in [5, 5.41) is 8.89. The highest BCUT2D eigenvalue weighted by molar-refractivity contribution is 7.92. The molecule has 116 valence electrons. The molecular weight excluding hydrogens is 316 g/mol. The van der Waals surface area contributed by atoms with Crippen LogP contribution in [-0.4, -0.2) is 26.5 Å². The van der Waals surface area contributed by atoms with Gasteiger partial charge < -0.3 is 5.11 Å². The lowest BCUT2D eigenvalue weighted by atomic mass is 10.2. The molecule has 1 N–H and O–H groups in total. The molecule has 0 bridgehead atoms. The maximum atomic E-state index is 13.7. The molecule has 0 aromatic heterocycles. The van der Waals surface area contributed by atoms with Gasteiger partial charge >= 0.3 is 5.97 Å². The highest BCUT2D eigenvalue weighted by atomic mass is 32.2. The van der Waals surface area contributed by atoms with Gasteiger partial charge in [-0.05, 0) is 30.3 Å². The Hall–Kier alpha value is -2.48. The predicted octanol–water partition coefficient (Wildman–Crippen LogP) is 2.49. The van der Waals surface area contributed by atoms with Crippen LogP contribution in [0.15, 0.2) is 47.4 Å². The van der Waals surface area contributed by atoms with Gasteiger partial charge in [-0.25, -0.2) is 22.0 Å². The second-order valence-corrected chi connectivity index (χ2v) is 6.37. The standard InChI is InChI=1S/C14H11F2NO4S/c1-17(13-8-10(15)5-6-12(13)16)22(20,21)11-4-2-3-9(7-11)14(18)19/h2-8H,1H3,(H,18,19). The molecule has 0 fully saturated rings. The summed E-state index contributed by atoms with van der Waals surface area (Å²) in [6, 6.07) is 7.03. The lowest BCUT2D eigenvalue weighted by Gasteiger charge is -2.20. The van der Waals surface area contributed by atoms with Crippen LogP contribution in [0.5, 0.6) is 0 Å². The van der Waals surface area contributed by atoms with Gasteiger partial charge in [0.05, 0.1) is 16.1 Å². The number of nitrogens with zero attached hydrogens (tertiary/aromatic N) is 1. The zero-order chi connectivity index (χ0) is 16.5. The third kappa shape index (κ3) is 2.91. The Kier molecular flexibility index (Phi) is 4.14. The van der Waals surface area contributed by atoms with Crippen LogP contribution in [0.1, 0.15) is 10.4 Å². The molecule has 8 heteroatoms. The summed E-state index contributed by atoms with van der Waals surface area (Å²) in [6.45, 7) is 0. The molecule has 0 saturated heterocycles. The smallest absolute Gasteiger partial charge is 0.335 e. The van der Waals surface area contributed by atoms with E-state index < -0.39 is 33.3 Å². The summed E-state index contributed by atoms with van der Waals surface area (Å²) in [4.78, 5) is 10.6. The van der Waals surface area contributed by atoms with E-state index in [-0.39, 0.29) is 10.5 Å². The average Bonchev–Trinajstić information content (AvgIpc) is 2.49. The van der Waals surface area contributed by atoms with Gasteiger partial charge in [0.25, 0.3) is 10.0 Å². The second-order valence-electron chi connectivity index (χ2n) is 4.40. The van der Waals surface area contributed by atoms with Crippen molar-refractivity contribution in [2.45, 2.75) is 4.90 Å². The summed E-state index contributed by atoms with van der Waals surface area (Å²) < 4.78 is 52.3. The van der Waals surface area contributed by atoms with Crippen molar-refractivity contribution in [3.05, 3.63) is 59.7 Å². The summed E-state index contributed by atoms with van der Waals surface area (Å²) in [7, 11) is -3.17. The summed E-state index contributed by atoms with van der Waals surface area (Å²) in [6.07, 6.45) is 0. The van der Waals surface area contributed by atoms with Gasteiger partial charge in [0.1, 0.15) is 11.6 Å². The van der Waals surface area contributed by atoms with Gasteiger partial charge in [-0.3, -0.25) is 4.31 Å². The number of carboxylic acid groups (broad SMARTS) is 1. The van der Waals surface area contributed by atoms with Gasteiger partial charge in [-0.2, -0.15) is 0 Å². The van der Waals surface area contributed by atoms with E-state index in [1.54, 1.807) is 0 Å². The topological polar surface area (TPSA) is 74.7 Å². The number of aromatic carboxylic acids is 1. The van der Waals surface area contributed by atoms with Crippen LogP contribution in [0, 0.1) is 11.6 Å². The number of benzene rings is 2. The maximum absolute atomic E-state index is 13.7. The normalized spacial score (nSPS) is 11.2. The van der Waals surface area contributed by atoms with E-state index in [4.69, 9.17) is 5.11 Å². The molecule has 0 saturated carbocycles. The van der Waals surface area contributed by atoms with Crippen LogP contribution in [-0.2, 0) is 10.0 Å². The highest BCUT2D eigenvalue weighted by Gasteiger charge is 2.24. The summed E-state index contributed by atoms with van der Waals surface area (Å²) in [5.74, 6) is -3.00. The minimum absolute atomic E-state index is 0.228. The zero-order valence-electron chi connectivity index (χ0n) is 11.3. The molecule has 0 aliphatic carbocycles. The van der Waals surface area contributed by atoms with Crippen molar-refractivity contribution in [1.29, 1.82) is 0 Å². The average molecular weight is 327 g/mol. The van der Waals surface area contributed by atoms with E-state index in [1.165, 1.54) is 18.2 Å². The Morgan fingerprint density at radius 2 is 1.82 bits per heavy atom. The molecule has 0 spiro atoms. The Morgan fingerprint density at radius 1 is 1.14 bits per heavy atom. The molecule has 2 rings (SSSR count). The highest BCUT2D eigenvalue weighted by Crippen LogP contribution is 2.26. The number of rotatable bonds is 4. The summed E-state index contributed by atoms with van der Waals surface area (Å²) >= 11 is 0. The van der Waals surface area contributed by atoms with Crippen molar-refractivity contribution >= 4 is 21.7 Å². The lowest BCUT2D eigenvalue weighted by molar-refractivity contribution is 0.0696. The Balaban J connectivity index is 2.52. The van der Waals surface area contributed by atoms with Gasteiger partial charge in [0.15, 0.2) is 0 Å². The van der Waals surface area contributed by atoms with Crippen LogP contribution in [0.3, 0.4) is 0 Å². The fourth-order valence-electron chi connectivity index (χ4n) is 1.80. The Morgan fingerprint density at radius 3 is 2.45 bits per heavy atom. The third-order valence-electron chi connectivity index (χ3n) is 2.99. The Bertz CT molecular complexity index is 836. The number of carbonyl (C=O) groups is 1. The number of halogens is 2. The molecule has 0 unspecified atom stereocenters. The van der Waals surface area contributed by atoms with Crippen LogP contribution >= 0.6 is 0 Å². The molecule has 0 amide bonds. The monoisotopic (exact) mass is 327 g/mol. The molecule has 2 aromatic rings. The molecule has 0 atom stereocenters. The molecule has 0 aliphatic rings. The fraction of sp³-hybridized carbons (Fsp3) is 0.0714. The molecule has 0 radical (unpaired) electrons. The van der Waals surface area contributed by atoms with Crippen molar-refractivity contribution in [1.82, 2.24) is 0 Å². The fourth-order valence-corrected chi connectivity index (χ4v) is 3.05. The van der Waals surface area contributed by atoms with Gasteiger partial charge in [-0.15, -0.1) is 0 Å². The summed E-state index contributed by atoms with van der Waals surface area (Å²) in [5.41, 5.74) is -0.699. The second kappa shape index (κ2) is 5.72. The first-order valence-electron chi connectivity index (χ1n) is 6.01. The van der Waals surface area contributed by atoms with Gasteiger partial charge in [0, 0.05) is 13.1 Å². The third-order valence-corrected chi connectivity index (χ3v) is 4.75. The van der Waals surface area contributed by atoms with Crippen LogP contribution in [0.2, 0.25) is 0 Å². The van der Waals surface area contributed by atoms with E-state index in [1.807, 2.05) is 0 Å². The number of sulfonamides is 1. The van der Waals surface area contributed by atoms with Crippen molar-refractivity contribution in [2.24, 2.45) is 0 Å². The van der Waals surface area contributed by atoms with Crippen molar-refractivity contribution in [2.75, 3.05) is 11.4 Å². The zero-order valence-corrected chi connectivity index (χ0v) is 12.1. The maximum Gasteiger partial charge on any atom is 0.335 e. The van der Waals surface area contributed by atoms with E-state index in [2.05, 4.69) is 0 Å². The van der Waals surface area contributed by atoms with Crippen LogP contribution in [0.25, 0.3) is 0 Å². The van der Waals surface area contributed by atoms with Crippen molar-refractivity contribution in [3.63, 3.8) is 0 Å². The number of hydrogen-bond acceptors (Lipinski definition) is 3. The molecule has 5 nitrogen and oxygen atoms in total. The largest absolute Gasteiger partial charge is 0.478 e. The first kappa shape index (κ1) is 15.9. The minimum Gasteiger partial charge on any atom is -0.478 e. The quantitative estimate of drug-likeness (QED) is 0.936. The Labute approximate surface area is 125 Å². The number of carboxylic acids is 1. The minimum atomic E-state index is -4.22. The van der Waals surface area contributed by atoms with Crippen LogP contribution in [0.4, 0.5) is 14.5 Å². The first-order valence-corrected chi connectivity index (χ1v) is 7.45.